The molecule has 2 heterocycles. The third-order valence-electron chi connectivity index (χ3n) is 3.10. The van der Waals surface area contributed by atoms with Gasteiger partial charge >= 0.3 is 0 Å². The summed E-state index contributed by atoms with van der Waals surface area (Å²) in [6.45, 7) is 5.60. The van der Waals surface area contributed by atoms with E-state index in [0.717, 1.165) is 18.7 Å². The van der Waals surface area contributed by atoms with Crippen molar-refractivity contribution >= 4 is 11.3 Å². The monoisotopic (exact) mass is 293 g/mol. The molecule has 110 valence electrons. The lowest BCUT2D eigenvalue weighted by molar-refractivity contribution is 0.146. The Morgan fingerprint density at radius 1 is 1.45 bits per heavy atom. The zero-order valence-corrected chi connectivity index (χ0v) is 13.2. The first-order valence-corrected chi connectivity index (χ1v) is 7.89. The zero-order valence-electron chi connectivity index (χ0n) is 12.3. The number of aliphatic hydroxyl groups excluding tert-OH is 1. The molecule has 5 heteroatoms. The first-order chi connectivity index (χ1) is 9.56. The van der Waals surface area contributed by atoms with E-state index in [0.29, 0.717) is 12.5 Å². The van der Waals surface area contributed by atoms with E-state index in [1.807, 2.05) is 24.0 Å². The van der Waals surface area contributed by atoms with Crippen molar-refractivity contribution in [1.82, 2.24) is 15.1 Å². The average Bonchev–Trinajstić information content (AvgIpc) is 2.97. The van der Waals surface area contributed by atoms with Crippen molar-refractivity contribution in [3.63, 3.8) is 0 Å². The van der Waals surface area contributed by atoms with Gasteiger partial charge in [0.1, 0.15) is 5.69 Å². The second kappa shape index (κ2) is 7.02. The lowest BCUT2D eigenvalue weighted by atomic mass is 10.1. The Labute approximate surface area is 124 Å². The highest BCUT2D eigenvalue weighted by atomic mass is 32.1. The van der Waals surface area contributed by atoms with Crippen LogP contribution in [0.3, 0.4) is 0 Å². The predicted octanol–water partition coefficient (Wildman–Crippen LogP) is 2.65. The summed E-state index contributed by atoms with van der Waals surface area (Å²) in [6, 6.07) is 4.13. The first kappa shape index (κ1) is 15.2. The molecule has 2 N–H and O–H groups in total. The SMILES string of the molecule is CC(C)CC(O)CNCc1cn(C)nc1-c1cccs1. The molecule has 0 amide bonds. The highest BCUT2D eigenvalue weighted by Gasteiger charge is 2.12. The molecule has 0 radical (unpaired) electrons. The third kappa shape index (κ3) is 4.16. The van der Waals surface area contributed by atoms with Gasteiger partial charge in [-0.05, 0) is 23.8 Å². The second-order valence-electron chi connectivity index (χ2n) is 5.57. The minimum atomic E-state index is -0.281. The van der Waals surface area contributed by atoms with E-state index in [1.165, 1.54) is 10.4 Å². The predicted molar refractivity (Wildman–Crippen MR) is 83.7 cm³/mol. The summed E-state index contributed by atoms with van der Waals surface area (Å²) in [4.78, 5) is 1.19. The fourth-order valence-corrected chi connectivity index (χ4v) is 3.03. The van der Waals surface area contributed by atoms with Crippen molar-refractivity contribution in [3.8, 4) is 10.6 Å². The van der Waals surface area contributed by atoms with Crippen LogP contribution in [-0.4, -0.2) is 27.5 Å². The van der Waals surface area contributed by atoms with Crippen LogP contribution in [0.2, 0.25) is 0 Å². The molecule has 2 aromatic rings. The molecule has 0 spiro atoms. The smallest absolute Gasteiger partial charge is 0.107 e. The second-order valence-corrected chi connectivity index (χ2v) is 6.52. The highest BCUT2D eigenvalue weighted by molar-refractivity contribution is 7.13. The highest BCUT2D eigenvalue weighted by Crippen LogP contribution is 2.26. The van der Waals surface area contributed by atoms with Gasteiger partial charge < -0.3 is 10.4 Å². The molecule has 0 saturated carbocycles. The lowest BCUT2D eigenvalue weighted by Crippen LogP contribution is -2.27. The number of hydrogen-bond donors (Lipinski definition) is 2. The molecule has 0 fully saturated rings. The van der Waals surface area contributed by atoms with Crippen LogP contribution in [0.15, 0.2) is 23.7 Å². The molecule has 2 rings (SSSR count). The molecule has 0 bridgehead atoms. The standard InChI is InChI=1S/C15H23N3OS/c1-11(2)7-13(19)9-16-8-12-10-18(3)17-15(12)14-5-4-6-20-14/h4-6,10-11,13,16,19H,7-9H2,1-3H3. The van der Waals surface area contributed by atoms with Crippen molar-refractivity contribution in [3.05, 3.63) is 29.3 Å². The lowest BCUT2D eigenvalue weighted by Gasteiger charge is -2.13. The van der Waals surface area contributed by atoms with E-state index in [4.69, 9.17) is 0 Å². The maximum Gasteiger partial charge on any atom is 0.107 e. The van der Waals surface area contributed by atoms with Gasteiger partial charge in [0.15, 0.2) is 0 Å². The molecule has 1 unspecified atom stereocenters. The minimum absolute atomic E-state index is 0.281. The Kier molecular flexibility index (Phi) is 5.34. The van der Waals surface area contributed by atoms with Crippen LogP contribution >= 0.6 is 11.3 Å². The van der Waals surface area contributed by atoms with Gasteiger partial charge in [0.2, 0.25) is 0 Å². The van der Waals surface area contributed by atoms with Gasteiger partial charge in [0.05, 0.1) is 11.0 Å². The largest absolute Gasteiger partial charge is 0.392 e. The summed E-state index contributed by atoms with van der Waals surface area (Å²) in [5.74, 6) is 0.520. The number of aryl methyl sites for hydroxylation is 1. The minimum Gasteiger partial charge on any atom is -0.392 e. The van der Waals surface area contributed by atoms with Crippen molar-refractivity contribution in [2.24, 2.45) is 13.0 Å². The van der Waals surface area contributed by atoms with E-state index >= 15 is 0 Å². The fourth-order valence-electron chi connectivity index (χ4n) is 2.29. The molecule has 0 aliphatic carbocycles. The number of rotatable bonds is 7. The molecule has 0 aromatic carbocycles. The van der Waals surface area contributed by atoms with Crippen LogP contribution in [0, 0.1) is 5.92 Å². The van der Waals surface area contributed by atoms with E-state index in [9.17, 15) is 5.11 Å². The zero-order chi connectivity index (χ0) is 14.5. The number of thiophene rings is 1. The molecule has 1 atom stereocenters. The molecule has 0 aliphatic rings. The normalized spacial score (nSPS) is 13.1. The Morgan fingerprint density at radius 3 is 2.90 bits per heavy atom. The summed E-state index contributed by atoms with van der Waals surface area (Å²) < 4.78 is 1.84. The average molecular weight is 293 g/mol. The maximum absolute atomic E-state index is 9.87. The van der Waals surface area contributed by atoms with Gasteiger partial charge in [-0.3, -0.25) is 4.68 Å². The van der Waals surface area contributed by atoms with Crippen LogP contribution in [0.25, 0.3) is 10.6 Å². The van der Waals surface area contributed by atoms with Crippen LogP contribution in [0.5, 0.6) is 0 Å². The van der Waals surface area contributed by atoms with Crippen LogP contribution in [0.1, 0.15) is 25.8 Å². The van der Waals surface area contributed by atoms with Gasteiger partial charge in [-0.25, -0.2) is 0 Å². The number of aromatic nitrogens is 2. The number of nitrogens with one attached hydrogen (secondary N) is 1. The van der Waals surface area contributed by atoms with Gasteiger partial charge in [0, 0.05) is 31.9 Å². The van der Waals surface area contributed by atoms with Crippen molar-refractivity contribution in [1.29, 1.82) is 0 Å². The maximum atomic E-state index is 9.87. The Morgan fingerprint density at radius 2 is 2.25 bits per heavy atom. The van der Waals surface area contributed by atoms with Crippen molar-refractivity contribution in [2.75, 3.05) is 6.54 Å². The quantitative estimate of drug-likeness (QED) is 0.825. The molecule has 0 aliphatic heterocycles. The van der Waals surface area contributed by atoms with Gasteiger partial charge in [0.25, 0.3) is 0 Å². The summed E-state index contributed by atoms with van der Waals surface area (Å²) in [6.07, 6.45) is 2.59. The van der Waals surface area contributed by atoms with Crippen molar-refractivity contribution in [2.45, 2.75) is 32.9 Å². The van der Waals surface area contributed by atoms with Gasteiger partial charge in [-0.15, -0.1) is 11.3 Å². The first-order valence-electron chi connectivity index (χ1n) is 7.01. The summed E-state index contributed by atoms with van der Waals surface area (Å²) in [7, 11) is 1.94. The fraction of sp³-hybridized carbons (Fsp3) is 0.533. The molecular weight excluding hydrogens is 270 g/mol. The number of nitrogens with zero attached hydrogens (tertiary/aromatic N) is 2. The number of hydrogen-bond acceptors (Lipinski definition) is 4. The topological polar surface area (TPSA) is 50.1 Å². The molecule has 20 heavy (non-hydrogen) atoms. The van der Waals surface area contributed by atoms with Crippen LogP contribution < -0.4 is 5.32 Å². The van der Waals surface area contributed by atoms with Gasteiger partial charge in [-0.2, -0.15) is 5.10 Å². The summed E-state index contributed by atoms with van der Waals surface area (Å²) in [5.41, 5.74) is 2.21. The molecular formula is C15H23N3OS. The Bertz CT molecular complexity index is 519. The van der Waals surface area contributed by atoms with E-state index in [-0.39, 0.29) is 6.10 Å². The van der Waals surface area contributed by atoms with Crippen molar-refractivity contribution < 1.29 is 5.11 Å². The van der Waals surface area contributed by atoms with E-state index in [2.05, 4.69) is 35.7 Å². The van der Waals surface area contributed by atoms with Crippen LogP contribution in [-0.2, 0) is 13.6 Å². The Balaban J connectivity index is 1.93. The Hall–Kier alpha value is -1.17. The molecule has 2 aromatic heterocycles. The molecule has 4 nitrogen and oxygen atoms in total. The van der Waals surface area contributed by atoms with Gasteiger partial charge in [-0.1, -0.05) is 19.9 Å². The summed E-state index contributed by atoms with van der Waals surface area (Å²) >= 11 is 1.70. The number of aliphatic hydroxyl groups is 1. The summed E-state index contributed by atoms with van der Waals surface area (Å²) in [5, 5.41) is 19.8. The van der Waals surface area contributed by atoms with Crippen LogP contribution in [0.4, 0.5) is 0 Å². The van der Waals surface area contributed by atoms with E-state index in [1.54, 1.807) is 11.3 Å². The molecule has 0 saturated heterocycles. The van der Waals surface area contributed by atoms with E-state index < -0.39 is 0 Å². The third-order valence-corrected chi connectivity index (χ3v) is 3.97.